The van der Waals surface area contributed by atoms with Crippen molar-refractivity contribution >= 4 is 29.0 Å². The Morgan fingerprint density at radius 1 is 0.733 bits per heavy atom. The van der Waals surface area contributed by atoms with Crippen LogP contribution >= 0.6 is 23.2 Å². The van der Waals surface area contributed by atoms with Crippen molar-refractivity contribution in [1.29, 1.82) is 0 Å². The van der Waals surface area contributed by atoms with Crippen molar-refractivity contribution in [1.82, 2.24) is 10.6 Å². The van der Waals surface area contributed by atoms with Gasteiger partial charge in [0.1, 0.15) is 0 Å². The molecule has 0 aromatic heterocycles. The van der Waals surface area contributed by atoms with Gasteiger partial charge in [0.05, 0.1) is 10.0 Å². The van der Waals surface area contributed by atoms with Gasteiger partial charge in [0.25, 0.3) is 0 Å². The number of rotatable bonds is 6. The number of benzene rings is 2. The Hall–Kier alpha value is -1.39. The van der Waals surface area contributed by atoms with Crippen molar-refractivity contribution in [2.24, 2.45) is 0 Å². The summed E-state index contributed by atoms with van der Waals surface area (Å²) >= 11 is 13.7. The lowest BCUT2D eigenvalue weighted by Crippen LogP contribution is -2.37. The molecule has 2 N–H and O–H groups in total. The second-order valence-electron chi connectivity index (χ2n) is 8.74. The highest BCUT2D eigenvalue weighted by atomic mass is 35.5. The van der Waals surface area contributed by atoms with Crippen LogP contribution in [0.15, 0.2) is 36.4 Å². The molecule has 2 aliphatic rings. The molecule has 0 atom stereocenters. The molecular weight excluding hydrogens is 415 g/mol. The van der Waals surface area contributed by atoms with E-state index in [1.165, 1.54) is 0 Å². The molecule has 2 aromatic carbocycles. The Bertz CT molecular complexity index is 869. The minimum atomic E-state index is -0.154. The number of carbonyl (C=O) groups excluding carboxylic acids is 1. The molecule has 160 valence electrons. The van der Waals surface area contributed by atoms with E-state index in [1.54, 1.807) is 0 Å². The van der Waals surface area contributed by atoms with Gasteiger partial charge in [-0.3, -0.25) is 4.79 Å². The maximum atomic E-state index is 13.6. The second-order valence-corrected chi connectivity index (χ2v) is 9.50. The third-order valence-corrected chi connectivity index (χ3v) is 8.20. The smallest absolute Gasteiger partial charge is 0.196 e. The Morgan fingerprint density at radius 2 is 1.10 bits per heavy atom. The largest absolute Gasteiger partial charge is 0.310 e. The normalized spacial score (nSPS) is 19.9. The highest BCUT2D eigenvalue weighted by molar-refractivity contribution is 6.39. The van der Waals surface area contributed by atoms with E-state index in [-0.39, 0.29) is 16.9 Å². The Morgan fingerprint density at radius 3 is 1.43 bits per heavy atom. The molecule has 3 nitrogen and oxygen atoms in total. The van der Waals surface area contributed by atoms with Crippen LogP contribution in [0.4, 0.5) is 0 Å². The number of hydrogen-bond acceptors (Lipinski definition) is 3. The number of carbonyl (C=O) groups is 1. The fourth-order valence-electron chi connectivity index (χ4n) is 5.56. The molecule has 0 aliphatic heterocycles. The molecule has 5 heteroatoms. The molecule has 30 heavy (non-hydrogen) atoms. The summed E-state index contributed by atoms with van der Waals surface area (Å²) in [7, 11) is 3.96. The van der Waals surface area contributed by atoms with Crippen molar-refractivity contribution in [2.75, 3.05) is 14.1 Å². The van der Waals surface area contributed by atoms with Crippen LogP contribution in [0.2, 0.25) is 10.0 Å². The first kappa shape index (κ1) is 21.8. The summed E-state index contributed by atoms with van der Waals surface area (Å²) in [5.74, 6) is -0.109. The van der Waals surface area contributed by atoms with Crippen LogP contribution in [0.5, 0.6) is 0 Å². The number of ketones is 1. The van der Waals surface area contributed by atoms with Crippen LogP contribution in [-0.4, -0.2) is 19.9 Å². The van der Waals surface area contributed by atoms with Gasteiger partial charge in [0.2, 0.25) is 0 Å². The van der Waals surface area contributed by atoms with Crippen molar-refractivity contribution in [3.05, 3.63) is 68.7 Å². The summed E-state index contributed by atoms with van der Waals surface area (Å²) < 4.78 is 0. The second kappa shape index (κ2) is 8.63. The third kappa shape index (κ3) is 3.50. The molecule has 4 rings (SSSR count). The fourth-order valence-corrected chi connectivity index (χ4v) is 6.35. The number of hydrogen-bond donors (Lipinski definition) is 2. The van der Waals surface area contributed by atoms with E-state index in [2.05, 4.69) is 10.6 Å². The van der Waals surface area contributed by atoms with Crippen molar-refractivity contribution < 1.29 is 4.79 Å². The summed E-state index contributed by atoms with van der Waals surface area (Å²) in [5, 5.41) is 8.05. The molecule has 0 spiro atoms. The Balaban J connectivity index is 1.76. The van der Waals surface area contributed by atoms with Gasteiger partial charge < -0.3 is 10.6 Å². The van der Waals surface area contributed by atoms with Crippen molar-refractivity contribution in [3.8, 4) is 0 Å². The van der Waals surface area contributed by atoms with Gasteiger partial charge in [-0.2, -0.15) is 0 Å². The minimum Gasteiger partial charge on any atom is -0.310 e. The van der Waals surface area contributed by atoms with Crippen LogP contribution in [0.25, 0.3) is 0 Å². The van der Waals surface area contributed by atoms with Gasteiger partial charge in [0, 0.05) is 22.2 Å². The zero-order valence-electron chi connectivity index (χ0n) is 17.8. The number of halogens is 2. The zero-order chi connectivity index (χ0) is 21.4. The molecule has 2 aliphatic carbocycles. The third-order valence-electron chi connectivity index (χ3n) is 7.39. The van der Waals surface area contributed by atoms with Crippen LogP contribution < -0.4 is 10.6 Å². The van der Waals surface area contributed by atoms with E-state index < -0.39 is 0 Å². The topological polar surface area (TPSA) is 41.1 Å². The summed E-state index contributed by atoms with van der Waals surface area (Å²) in [4.78, 5) is 13.6. The van der Waals surface area contributed by atoms with Gasteiger partial charge in [-0.1, -0.05) is 73.2 Å². The Kier molecular flexibility index (Phi) is 6.28. The molecule has 2 aromatic rings. The van der Waals surface area contributed by atoms with E-state index in [0.717, 1.165) is 62.5 Å². The lowest BCUT2D eigenvalue weighted by atomic mass is 9.84. The zero-order valence-corrected chi connectivity index (χ0v) is 19.3. The molecular formula is C25H30Cl2N2O. The molecule has 2 fully saturated rings. The number of nitrogens with one attached hydrogen (secondary N) is 2. The van der Waals surface area contributed by atoms with E-state index in [9.17, 15) is 4.79 Å². The summed E-state index contributed by atoms with van der Waals surface area (Å²) in [6.45, 7) is 0. The molecule has 0 bridgehead atoms. The fraction of sp³-hybridized carbons (Fsp3) is 0.480. The van der Waals surface area contributed by atoms with E-state index in [1.807, 2.05) is 50.5 Å². The summed E-state index contributed by atoms with van der Waals surface area (Å²) in [5.41, 5.74) is 2.78. The van der Waals surface area contributed by atoms with Crippen LogP contribution in [0, 0.1) is 0 Å². The predicted octanol–water partition coefficient (Wildman–Crippen LogP) is 6.20. The highest BCUT2D eigenvalue weighted by Gasteiger charge is 2.38. The first-order chi connectivity index (χ1) is 14.5. The molecule has 0 saturated heterocycles. The molecule has 2 saturated carbocycles. The first-order valence-corrected chi connectivity index (χ1v) is 11.7. The van der Waals surface area contributed by atoms with Gasteiger partial charge >= 0.3 is 0 Å². The average molecular weight is 445 g/mol. The van der Waals surface area contributed by atoms with E-state index >= 15 is 0 Å². The molecule has 0 radical (unpaired) electrons. The average Bonchev–Trinajstić information content (AvgIpc) is 3.44. The maximum Gasteiger partial charge on any atom is 0.196 e. The maximum absolute atomic E-state index is 13.6. The first-order valence-electron chi connectivity index (χ1n) is 11.0. The van der Waals surface area contributed by atoms with Gasteiger partial charge in [-0.15, -0.1) is 0 Å². The highest BCUT2D eigenvalue weighted by Crippen LogP contribution is 2.44. The lowest BCUT2D eigenvalue weighted by molar-refractivity contribution is 0.103. The van der Waals surface area contributed by atoms with Crippen molar-refractivity contribution in [3.63, 3.8) is 0 Å². The van der Waals surface area contributed by atoms with Gasteiger partial charge in [-0.25, -0.2) is 0 Å². The standard InChI is InChI=1S/C25H30Cl2N2O/c1-28-24(13-3-4-14-24)19-11-7-9-17(21(19)26)23(30)18-10-8-12-20(22(18)27)25(29-2)15-5-6-16-25/h7-12,28-29H,3-6,13-16H2,1-2H3. The molecule has 0 unspecified atom stereocenters. The SMILES string of the molecule is CNC1(c2cccc(C(=O)c3cccc(C4(NC)CCCC4)c3Cl)c2Cl)CCCC1. The predicted molar refractivity (Wildman–Crippen MR) is 125 cm³/mol. The van der Waals surface area contributed by atoms with Crippen LogP contribution in [0.1, 0.15) is 78.4 Å². The monoisotopic (exact) mass is 444 g/mol. The molecule has 0 amide bonds. The van der Waals surface area contributed by atoms with Crippen molar-refractivity contribution in [2.45, 2.75) is 62.4 Å². The Labute approximate surface area is 189 Å². The van der Waals surface area contributed by atoms with E-state index in [4.69, 9.17) is 23.2 Å². The van der Waals surface area contributed by atoms with Crippen LogP contribution in [-0.2, 0) is 11.1 Å². The van der Waals surface area contributed by atoms with Gasteiger partial charge in [-0.05, 0) is 63.0 Å². The van der Waals surface area contributed by atoms with E-state index in [0.29, 0.717) is 21.2 Å². The minimum absolute atomic E-state index is 0.109. The molecule has 0 heterocycles. The van der Waals surface area contributed by atoms with Gasteiger partial charge in [0.15, 0.2) is 5.78 Å². The summed E-state index contributed by atoms with van der Waals surface area (Å²) in [6, 6.07) is 11.6. The summed E-state index contributed by atoms with van der Waals surface area (Å²) in [6.07, 6.45) is 8.77. The quantitative estimate of drug-likeness (QED) is 0.520. The lowest BCUT2D eigenvalue weighted by Gasteiger charge is -2.31. The van der Waals surface area contributed by atoms with Crippen LogP contribution in [0.3, 0.4) is 0 Å².